The van der Waals surface area contributed by atoms with Crippen molar-refractivity contribution in [1.82, 2.24) is 25.5 Å². The second-order valence-corrected chi connectivity index (χ2v) is 5.23. The summed E-state index contributed by atoms with van der Waals surface area (Å²) in [5.41, 5.74) is 0.818. The van der Waals surface area contributed by atoms with Crippen LogP contribution in [0.15, 0.2) is 48.8 Å². The monoisotopic (exact) mass is 359 g/mol. The molecule has 0 saturated heterocycles. The van der Waals surface area contributed by atoms with E-state index in [0.29, 0.717) is 18.1 Å². The van der Waals surface area contributed by atoms with Crippen molar-refractivity contribution in [2.75, 3.05) is 6.54 Å². The largest absolute Gasteiger partial charge is 0.434 e. The summed E-state index contributed by atoms with van der Waals surface area (Å²) in [5, 5.41) is 9.53. The Morgan fingerprint density at radius 3 is 2.85 bits per heavy atom. The fourth-order valence-corrected chi connectivity index (χ4v) is 2.27. The van der Waals surface area contributed by atoms with Crippen molar-refractivity contribution in [3.8, 4) is 17.1 Å². The van der Waals surface area contributed by atoms with Crippen molar-refractivity contribution < 1.29 is 18.3 Å². The normalized spacial score (nSPS) is 10.7. The summed E-state index contributed by atoms with van der Waals surface area (Å²) >= 11 is 0. The highest BCUT2D eigenvalue weighted by molar-refractivity contribution is 5.96. The Bertz CT molecular complexity index is 870. The van der Waals surface area contributed by atoms with Crippen molar-refractivity contribution in [3.63, 3.8) is 0 Å². The van der Waals surface area contributed by atoms with Gasteiger partial charge in [-0.05, 0) is 24.3 Å². The van der Waals surface area contributed by atoms with Gasteiger partial charge in [0.05, 0.1) is 5.56 Å². The average molecular weight is 359 g/mol. The number of aromatic nitrogens is 4. The van der Waals surface area contributed by atoms with Crippen molar-refractivity contribution in [2.45, 2.75) is 13.0 Å². The molecule has 3 aromatic rings. The average Bonchev–Trinajstić information content (AvgIpc) is 3.11. The molecule has 0 saturated carbocycles. The quantitative estimate of drug-likeness (QED) is 0.676. The molecule has 134 valence electrons. The lowest BCUT2D eigenvalue weighted by atomic mass is 10.2. The molecule has 0 unspecified atom stereocenters. The van der Waals surface area contributed by atoms with E-state index in [1.54, 1.807) is 24.5 Å². The fraction of sp³-hybridized carbons (Fsp3) is 0.176. The van der Waals surface area contributed by atoms with E-state index in [-0.39, 0.29) is 17.9 Å². The minimum Gasteiger partial charge on any atom is -0.434 e. The van der Waals surface area contributed by atoms with Crippen LogP contribution in [0, 0.1) is 0 Å². The number of amides is 1. The van der Waals surface area contributed by atoms with Crippen LogP contribution in [0.2, 0.25) is 0 Å². The summed E-state index contributed by atoms with van der Waals surface area (Å²) in [4.78, 5) is 20.5. The van der Waals surface area contributed by atoms with Gasteiger partial charge in [-0.25, -0.2) is 4.98 Å². The highest BCUT2D eigenvalue weighted by Crippen LogP contribution is 2.20. The molecule has 0 radical (unpaired) electrons. The zero-order valence-corrected chi connectivity index (χ0v) is 13.5. The molecule has 26 heavy (non-hydrogen) atoms. The minimum absolute atomic E-state index is 0.0430. The molecule has 0 aliphatic carbocycles. The third-order valence-electron chi connectivity index (χ3n) is 3.45. The van der Waals surface area contributed by atoms with Crippen LogP contribution >= 0.6 is 0 Å². The first kappa shape index (κ1) is 17.5. The molecule has 0 atom stereocenters. The first-order chi connectivity index (χ1) is 12.6. The molecule has 1 aromatic carbocycles. The highest BCUT2D eigenvalue weighted by atomic mass is 19.3. The molecule has 0 aliphatic rings. The van der Waals surface area contributed by atoms with Gasteiger partial charge in [-0.3, -0.25) is 14.9 Å². The Morgan fingerprint density at radius 2 is 2.08 bits per heavy atom. The first-order valence-electron chi connectivity index (χ1n) is 7.77. The molecule has 2 N–H and O–H groups in total. The maximum Gasteiger partial charge on any atom is 0.387 e. The molecule has 0 fully saturated rings. The zero-order chi connectivity index (χ0) is 18.4. The van der Waals surface area contributed by atoms with Crippen molar-refractivity contribution in [2.24, 2.45) is 0 Å². The van der Waals surface area contributed by atoms with Gasteiger partial charge in [-0.2, -0.15) is 13.9 Å². The zero-order valence-electron chi connectivity index (χ0n) is 13.5. The predicted octanol–water partition coefficient (Wildman–Crippen LogP) is 2.44. The number of carbonyl (C=O) groups is 1. The Balaban J connectivity index is 1.57. The van der Waals surface area contributed by atoms with Crippen molar-refractivity contribution in [3.05, 3.63) is 60.2 Å². The van der Waals surface area contributed by atoms with E-state index in [0.717, 1.165) is 5.56 Å². The Kier molecular flexibility index (Phi) is 5.47. The predicted molar refractivity (Wildman–Crippen MR) is 88.7 cm³/mol. The molecule has 9 heteroatoms. The lowest BCUT2D eigenvalue weighted by Crippen LogP contribution is -2.26. The van der Waals surface area contributed by atoms with Crippen molar-refractivity contribution in [1.29, 1.82) is 0 Å². The van der Waals surface area contributed by atoms with Gasteiger partial charge in [0.25, 0.3) is 5.91 Å². The number of H-pyrrole nitrogens is 1. The lowest BCUT2D eigenvalue weighted by Gasteiger charge is -2.10. The summed E-state index contributed by atoms with van der Waals surface area (Å²) in [6.07, 6.45) is 3.70. The minimum atomic E-state index is -3.00. The van der Waals surface area contributed by atoms with E-state index in [4.69, 9.17) is 0 Å². The van der Waals surface area contributed by atoms with Gasteiger partial charge < -0.3 is 10.1 Å². The topological polar surface area (TPSA) is 92.8 Å². The number of hydrogen-bond acceptors (Lipinski definition) is 5. The molecule has 3 rings (SSSR count). The number of pyridine rings is 1. The summed E-state index contributed by atoms with van der Waals surface area (Å²) < 4.78 is 29.2. The Labute approximate surface area is 147 Å². The summed E-state index contributed by atoms with van der Waals surface area (Å²) in [6.45, 7) is -2.74. The summed E-state index contributed by atoms with van der Waals surface area (Å²) in [6, 6.07) is 9.44. The van der Waals surface area contributed by atoms with Crippen LogP contribution in [0.3, 0.4) is 0 Å². The molecule has 2 heterocycles. The van der Waals surface area contributed by atoms with Gasteiger partial charge in [-0.15, -0.1) is 0 Å². The van der Waals surface area contributed by atoms with Crippen LogP contribution in [-0.4, -0.2) is 39.2 Å². The lowest BCUT2D eigenvalue weighted by molar-refractivity contribution is -0.0501. The smallest absolute Gasteiger partial charge is 0.387 e. The number of alkyl halides is 2. The van der Waals surface area contributed by atoms with Gasteiger partial charge >= 0.3 is 6.61 Å². The molecule has 0 bridgehead atoms. The Morgan fingerprint density at radius 1 is 1.23 bits per heavy atom. The standard InChI is InChI=1S/C17H15F2N5O2/c18-17(19)26-13-6-2-1-5-12(13)16(25)21-9-7-14-22-15(24-23-14)11-4-3-8-20-10-11/h1-6,8,10,17H,7,9H2,(H,21,25)(H,22,23,24). The van der Waals surface area contributed by atoms with Gasteiger partial charge in [-0.1, -0.05) is 12.1 Å². The number of rotatable bonds is 7. The third kappa shape index (κ3) is 4.38. The molecule has 2 aromatic heterocycles. The van der Waals surface area contributed by atoms with E-state index in [1.807, 2.05) is 6.07 Å². The van der Waals surface area contributed by atoms with E-state index < -0.39 is 12.5 Å². The van der Waals surface area contributed by atoms with E-state index in [9.17, 15) is 13.6 Å². The number of ether oxygens (including phenoxy) is 1. The summed E-state index contributed by atoms with van der Waals surface area (Å²) in [5.74, 6) is 0.420. The maximum absolute atomic E-state index is 12.4. The number of nitrogens with zero attached hydrogens (tertiary/aromatic N) is 3. The van der Waals surface area contributed by atoms with Gasteiger partial charge in [0, 0.05) is 30.9 Å². The molecular weight excluding hydrogens is 344 g/mol. The number of benzene rings is 1. The maximum atomic E-state index is 12.4. The number of nitrogens with one attached hydrogen (secondary N) is 2. The second kappa shape index (κ2) is 8.15. The number of hydrogen-bond donors (Lipinski definition) is 2. The second-order valence-electron chi connectivity index (χ2n) is 5.23. The van der Waals surface area contributed by atoms with Crippen LogP contribution in [0.1, 0.15) is 16.2 Å². The highest BCUT2D eigenvalue weighted by Gasteiger charge is 2.15. The third-order valence-corrected chi connectivity index (χ3v) is 3.45. The SMILES string of the molecule is O=C(NCCc1nc(-c2cccnc2)n[nH]1)c1ccccc1OC(F)F. The number of para-hydroxylation sites is 1. The van der Waals surface area contributed by atoms with Crippen LogP contribution < -0.4 is 10.1 Å². The molecular formula is C17H15F2N5O2. The van der Waals surface area contributed by atoms with Crippen LogP contribution in [0.25, 0.3) is 11.4 Å². The van der Waals surface area contributed by atoms with E-state index >= 15 is 0 Å². The Hall–Kier alpha value is -3.36. The van der Waals surface area contributed by atoms with Gasteiger partial charge in [0.2, 0.25) is 0 Å². The van der Waals surface area contributed by atoms with Gasteiger partial charge in [0.15, 0.2) is 5.82 Å². The molecule has 7 nitrogen and oxygen atoms in total. The van der Waals surface area contributed by atoms with Crippen molar-refractivity contribution >= 4 is 5.91 Å². The van der Waals surface area contributed by atoms with Gasteiger partial charge in [0.1, 0.15) is 11.6 Å². The first-order valence-corrected chi connectivity index (χ1v) is 7.77. The molecule has 1 amide bonds. The number of halogens is 2. The fourth-order valence-electron chi connectivity index (χ4n) is 2.27. The van der Waals surface area contributed by atoms with Crippen LogP contribution in [0.4, 0.5) is 8.78 Å². The number of aromatic amines is 1. The van der Waals surface area contributed by atoms with Crippen LogP contribution in [-0.2, 0) is 6.42 Å². The van der Waals surface area contributed by atoms with Crippen LogP contribution in [0.5, 0.6) is 5.75 Å². The number of carbonyl (C=O) groups excluding carboxylic acids is 1. The van der Waals surface area contributed by atoms with E-state index in [2.05, 4.69) is 30.2 Å². The van der Waals surface area contributed by atoms with E-state index in [1.165, 1.54) is 18.2 Å². The summed E-state index contributed by atoms with van der Waals surface area (Å²) in [7, 11) is 0. The molecule has 0 aliphatic heterocycles. The molecule has 0 spiro atoms.